The first kappa shape index (κ1) is 26.6. The lowest BCUT2D eigenvalue weighted by atomic mass is 9.96. The molecular formula is C29H36N2O6. The molecule has 8 nitrogen and oxygen atoms in total. The van der Waals surface area contributed by atoms with Gasteiger partial charge in [-0.15, -0.1) is 0 Å². The van der Waals surface area contributed by atoms with Gasteiger partial charge in [0.2, 0.25) is 5.75 Å². The van der Waals surface area contributed by atoms with Crippen molar-refractivity contribution in [2.75, 3.05) is 34.5 Å². The Bertz CT molecular complexity index is 1300. The molecule has 37 heavy (non-hydrogen) atoms. The maximum Gasteiger partial charge on any atom is 0.252 e. The summed E-state index contributed by atoms with van der Waals surface area (Å²) in [5.41, 5.74) is 4.29. The molecule has 2 aliphatic rings. The van der Waals surface area contributed by atoms with E-state index in [1.54, 1.807) is 21.3 Å². The Balaban J connectivity index is 0.00000156. The van der Waals surface area contributed by atoms with Crippen LogP contribution >= 0.6 is 0 Å². The molecule has 5 rings (SSSR count). The monoisotopic (exact) mass is 508 g/mol. The maximum absolute atomic E-state index is 13.1. The molecule has 2 aromatic carbocycles. The fourth-order valence-corrected chi connectivity index (χ4v) is 4.95. The van der Waals surface area contributed by atoms with E-state index in [-0.39, 0.29) is 12.0 Å². The van der Waals surface area contributed by atoms with Crippen molar-refractivity contribution < 1.29 is 28.5 Å². The standard InChI is InChI=1S/C27H30N2O6.C2H6/c1-27(2)34-15-17(35-27)13-29-14-20(18-8-6-7-9-21(18)29)19-12-28-26(30)24(19)16-10-22(31-3)25(33-5)23(11-16)32-4;1-2/h6-11,14,17H,12-13,15H2,1-5H3,(H,28,30);1-2H3. The van der Waals surface area contributed by atoms with Crippen molar-refractivity contribution in [3.8, 4) is 17.2 Å². The van der Waals surface area contributed by atoms with Crippen molar-refractivity contribution in [2.45, 2.75) is 46.1 Å². The Morgan fingerprint density at radius 2 is 1.73 bits per heavy atom. The van der Waals surface area contributed by atoms with Gasteiger partial charge in [0, 0.05) is 29.2 Å². The molecule has 1 unspecified atom stereocenters. The molecule has 0 bridgehead atoms. The van der Waals surface area contributed by atoms with Crippen LogP contribution in [0.2, 0.25) is 0 Å². The summed E-state index contributed by atoms with van der Waals surface area (Å²) in [5.74, 6) is 0.757. The molecule has 0 aliphatic carbocycles. The van der Waals surface area contributed by atoms with E-state index in [1.165, 1.54) is 0 Å². The van der Waals surface area contributed by atoms with Gasteiger partial charge in [-0.25, -0.2) is 0 Å². The minimum atomic E-state index is -0.583. The number of carbonyl (C=O) groups is 1. The van der Waals surface area contributed by atoms with Crippen molar-refractivity contribution in [2.24, 2.45) is 0 Å². The van der Waals surface area contributed by atoms with Crippen LogP contribution in [0.5, 0.6) is 17.2 Å². The number of rotatable bonds is 7. The van der Waals surface area contributed by atoms with E-state index in [0.29, 0.717) is 48.1 Å². The summed E-state index contributed by atoms with van der Waals surface area (Å²) in [6.07, 6.45) is 2.05. The van der Waals surface area contributed by atoms with Gasteiger partial charge in [0.1, 0.15) is 6.10 Å². The van der Waals surface area contributed by atoms with Gasteiger partial charge in [-0.05, 0) is 43.2 Å². The Morgan fingerprint density at radius 1 is 1.05 bits per heavy atom. The third-order valence-electron chi connectivity index (χ3n) is 6.49. The summed E-state index contributed by atoms with van der Waals surface area (Å²) in [6.45, 7) is 9.47. The highest BCUT2D eigenvalue weighted by molar-refractivity contribution is 6.31. The second-order valence-electron chi connectivity index (χ2n) is 9.11. The van der Waals surface area contributed by atoms with Gasteiger partial charge in [0.15, 0.2) is 17.3 Å². The Hall–Kier alpha value is -3.49. The van der Waals surface area contributed by atoms with Crippen LogP contribution in [0.3, 0.4) is 0 Å². The number of amides is 1. The molecule has 2 aliphatic heterocycles. The van der Waals surface area contributed by atoms with Gasteiger partial charge in [-0.3, -0.25) is 4.79 Å². The van der Waals surface area contributed by atoms with Crippen LogP contribution in [-0.2, 0) is 20.8 Å². The van der Waals surface area contributed by atoms with Crippen LogP contribution < -0.4 is 19.5 Å². The first-order chi connectivity index (χ1) is 17.8. The summed E-state index contributed by atoms with van der Waals surface area (Å²) < 4.78 is 30.5. The first-order valence-electron chi connectivity index (χ1n) is 12.6. The van der Waals surface area contributed by atoms with Gasteiger partial charge in [0.05, 0.1) is 40.1 Å². The minimum Gasteiger partial charge on any atom is -0.493 e. The molecule has 8 heteroatoms. The zero-order chi connectivity index (χ0) is 26.7. The predicted molar refractivity (Wildman–Crippen MR) is 144 cm³/mol. The van der Waals surface area contributed by atoms with Crippen molar-refractivity contribution >= 4 is 28.0 Å². The molecule has 0 radical (unpaired) electrons. The number of hydrogen-bond acceptors (Lipinski definition) is 6. The van der Waals surface area contributed by atoms with Crippen molar-refractivity contribution in [1.82, 2.24) is 9.88 Å². The summed E-state index contributed by atoms with van der Waals surface area (Å²) in [7, 11) is 4.69. The highest BCUT2D eigenvalue weighted by Gasteiger charge is 2.34. The minimum absolute atomic E-state index is 0.0550. The number of benzene rings is 2. The topological polar surface area (TPSA) is 80.2 Å². The van der Waals surface area contributed by atoms with E-state index < -0.39 is 5.79 Å². The molecule has 198 valence electrons. The quantitative estimate of drug-likeness (QED) is 0.490. The molecule has 1 fully saturated rings. The SMILES string of the molecule is CC.COc1cc(C2=C(c3cn(CC4COC(C)(C)O4)c4ccccc34)CNC2=O)cc(OC)c1OC. The fraction of sp³-hybridized carbons (Fsp3) is 0.414. The zero-order valence-corrected chi connectivity index (χ0v) is 22.6. The number of para-hydroxylation sites is 1. The molecule has 0 spiro atoms. The Kier molecular flexibility index (Phi) is 7.80. The van der Waals surface area contributed by atoms with Gasteiger partial charge in [-0.2, -0.15) is 0 Å². The van der Waals surface area contributed by atoms with Crippen LogP contribution in [0.15, 0.2) is 42.6 Å². The lowest BCUT2D eigenvalue weighted by Crippen LogP contribution is -2.23. The molecule has 1 atom stereocenters. The van der Waals surface area contributed by atoms with Crippen molar-refractivity contribution in [3.05, 3.63) is 53.7 Å². The Labute approximate surface area is 218 Å². The number of ether oxygens (including phenoxy) is 5. The highest BCUT2D eigenvalue weighted by Crippen LogP contribution is 2.43. The molecule has 0 saturated carbocycles. The summed E-state index contributed by atoms with van der Waals surface area (Å²) >= 11 is 0. The predicted octanol–water partition coefficient (Wildman–Crippen LogP) is 4.89. The van der Waals surface area contributed by atoms with Gasteiger partial charge in [0.25, 0.3) is 5.91 Å². The van der Waals surface area contributed by atoms with E-state index in [9.17, 15) is 4.79 Å². The average molecular weight is 509 g/mol. The lowest BCUT2D eigenvalue weighted by Gasteiger charge is -2.17. The summed E-state index contributed by atoms with van der Waals surface area (Å²) in [5, 5.41) is 4.07. The smallest absolute Gasteiger partial charge is 0.252 e. The first-order valence-corrected chi connectivity index (χ1v) is 12.6. The molecule has 3 heterocycles. The average Bonchev–Trinajstić information content (AvgIpc) is 3.58. The van der Waals surface area contributed by atoms with E-state index in [2.05, 4.69) is 28.2 Å². The van der Waals surface area contributed by atoms with E-state index in [1.807, 2.05) is 52.0 Å². The zero-order valence-electron chi connectivity index (χ0n) is 22.6. The lowest BCUT2D eigenvalue weighted by molar-refractivity contribution is -0.139. The van der Waals surface area contributed by atoms with Gasteiger partial charge >= 0.3 is 0 Å². The molecule has 1 saturated heterocycles. The van der Waals surface area contributed by atoms with Crippen molar-refractivity contribution in [3.63, 3.8) is 0 Å². The highest BCUT2D eigenvalue weighted by atomic mass is 16.7. The number of aromatic nitrogens is 1. The molecule has 1 aromatic heterocycles. The van der Waals surface area contributed by atoms with Crippen LogP contribution in [0.25, 0.3) is 22.0 Å². The number of hydrogen-bond donors (Lipinski definition) is 1. The van der Waals surface area contributed by atoms with Gasteiger partial charge in [-0.1, -0.05) is 32.0 Å². The third kappa shape index (κ3) is 5.04. The van der Waals surface area contributed by atoms with Gasteiger partial charge < -0.3 is 33.6 Å². The second kappa shape index (κ2) is 10.9. The van der Waals surface area contributed by atoms with Crippen LogP contribution in [0.4, 0.5) is 0 Å². The molecule has 1 amide bonds. The Morgan fingerprint density at radius 3 is 2.32 bits per heavy atom. The van der Waals surface area contributed by atoms with E-state index in [4.69, 9.17) is 23.7 Å². The maximum atomic E-state index is 13.1. The van der Waals surface area contributed by atoms with E-state index in [0.717, 1.165) is 22.0 Å². The molecule has 1 N–H and O–H groups in total. The molecule has 3 aromatic rings. The summed E-state index contributed by atoms with van der Waals surface area (Å²) in [4.78, 5) is 13.1. The van der Waals surface area contributed by atoms with Crippen molar-refractivity contribution in [1.29, 1.82) is 0 Å². The third-order valence-corrected chi connectivity index (χ3v) is 6.49. The molecular weight excluding hydrogens is 472 g/mol. The normalized spacial score (nSPS) is 18.5. The van der Waals surface area contributed by atoms with Crippen LogP contribution in [-0.4, -0.2) is 56.8 Å². The number of carbonyl (C=O) groups excluding carboxylic acids is 1. The number of fused-ring (bicyclic) bond motifs is 1. The number of methoxy groups -OCH3 is 3. The number of nitrogens with one attached hydrogen (secondary N) is 1. The van der Waals surface area contributed by atoms with Crippen LogP contribution in [0.1, 0.15) is 38.8 Å². The fourth-order valence-electron chi connectivity index (χ4n) is 4.95. The largest absolute Gasteiger partial charge is 0.493 e. The van der Waals surface area contributed by atoms with E-state index >= 15 is 0 Å². The summed E-state index contributed by atoms with van der Waals surface area (Å²) in [6, 6.07) is 11.8. The number of nitrogens with zero attached hydrogens (tertiary/aromatic N) is 1. The second-order valence-corrected chi connectivity index (χ2v) is 9.11. The van der Waals surface area contributed by atoms with Crippen LogP contribution in [0, 0.1) is 0 Å².